The van der Waals surface area contributed by atoms with E-state index in [1.54, 1.807) is 12.1 Å². The molecular weight excluding hydrogens is 346 g/mol. The third-order valence-corrected chi connectivity index (χ3v) is 3.11. The number of amides is 1. The average molecular weight is 356 g/mol. The first-order valence-corrected chi connectivity index (χ1v) is 6.26. The van der Waals surface area contributed by atoms with Crippen molar-refractivity contribution in [1.82, 2.24) is 0 Å². The first-order chi connectivity index (χ1) is 8.58. The second-order valence-electron chi connectivity index (χ2n) is 3.66. The molecule has 3 nitrogen and oxygen atoms in total. The highest BCUT2D eigenvalue weighted by Gasteiger charge is 2.12. The van der Waals surface area contributed by atoms with Crippen LogP contribution in [0.15, 0.2) is 42.5 Å². The normalized spacial score (nSPS) is 10.1. The highest BCUT2D eigenvalue weighted by atomic mass is 127. The predicted octanol–water partition coefficient (Wildman–Crippen LogP) is 3.27. The summed E-state index contributed by atoms with van der Waals surface area (Å²) in [4.78, 5) is 11.2. The van der Waals surface area contributed by atoms with E-state index in [4.69, 9.17) is 5.73 Å². The van der Waals surface area contributed by atoms with Gasteiger partial charge in [-0.1, -0.05) is 6.07 Å². The maximum atomic E-state index is 13.7. The zero-order valence-corrected chi connectivity index (χ0v) is 11.4. The van der Waals surface area contributed by atoms with Gasteiger partial charge in [-0.25, -0.2) is 4.39 Å². The lowest BCUT2D eigenvalue weighted by molar-refractivity contribution is 0.100. The van der Waals surface area contributed by atoms with Crippen LogP contribution in [0.5, 0.6) is 0 Å². The van der Waals surface area contributed by atoms with E-state index < -0.39 is 11.7 Å². The lowest BCUT2D eigenvalue weighted by atomic mass is 10.1. The van der Waals surface area contributed by atoms with Gasteiger partial charge in [-0.05, 0) is 59.0 Å². The molecule has 2 rings (SSSR count). The number of rotatable bonds is 3. The smallest absolute Gasteiger partial charge is 0.250 e. The molecule has 0 spiro atoms. The molecule has 2 aromatic rings. The Bertz CT molecular complexity index is 584. The number of nitrogens with two attached hydrogens (primary N) is 1. The first kappa shape index (κ1) is 12.8. The minimum atomic E-state index is -0.664. The van der Waals surface area contributed by atoms with Gasteiger partial charge >= 0.3 is 0 Å². The fourth-order valence-corrected chi connectivity index (χ4v) is 1.89. The van der Waals surface area contributed by atoms with Crippen LogP contribution in [0, 0.1) is 9.39 Å². The number of halogens is 2. The van der Waals surface area contributed by atoms with Gasteiger partial charge in [0.15, 0.2) is 0 Å². The standard InChI is InChI=1S/C13H10FIN2O/c14-11-3-1-2-10(13(16)18)12(11)17-9-6-4-8(15)5-7-9/h1-7,17H,(H2,16,18). The number of carbonyl (C=O) groups excluding carboxylic acids is 1. The van der Waals surface area contributed by atoms with Gasteiger partial charge in [-0.2, -0.15) is 0 Å². The lowest BCUT2D eigenvalue weighted by Gasteiger charge is -2.11. The molecule has 0 aliphatic rings. The lowest BCUT2D eigenvalue weighted by Crippen LogP contribution is -2.14. The third-order valence-electron chi connectivity index (χ3n) is 2.39. The molecule has 18 heavy (non-hydrogen) atoms. The Morgan fingerprint density at radius 1 is 1.17 bits per heavy atom. The molecule has 5 heteroatoms. The van der Waals surface area contributed by atoms with E-state index in [0.717, 1.165) is 3.57 Å². The third kappa shape index (κ3) is 2.79. The van der Waals surface area contributed by atoms with Crippen molar-refractivity contribution in [2.75, 3.05) is 5.32 Å². The summed E-state index contributed by atoms with van der Waals surface area (Å²) in [7, 11) is 0. The summed E-state index contributed by atoms with van der Waals surface area (Å²) in [6, 6.07) is 11.6. The molecule has 1 amide bonds. The number of carbonyl (C=O) groups is 1. The van der Waals surface area contributed by atoms with Gasteiger partial charge in [-0.15, -0.1) is 0 Å². The monoisotopic (exact) mass is 356 g/mol. The Labute approximate surface area is 117 Å². The van der Waals surface area contributed by atoms with Gasteiger partial charge in [-0.3, -0.25) is 4.79 Å². The first-order valence-electron chi connectivity index (χ1n) is 5.19. The number of benzene rings is 2. The fraction of sp³-hybridized carbons (Fsp3) is 0. The molecule has 0 radical (unpaired) electrons. The van der Waals surface area contributed by atoms with Crippen molar-refractivity contribution in [2.24, 2.45) is 5.73 Å². The molecule has 3 N–H and O–H groups in total. The molecular formula is C13H10FIN2O. The number of primary amides is 1. The highest BCUT2D eigenvalue weighted by molar-refractivity contribution is 14.1. The number of anilines is 2. The summed E-state index contributed by atoms with van der Waals surface area (Å²) in [5.74, 6) is -1.17. The summed E-state index contributed by atoms with van der Waals surface area (Å²) in [5.41, 5.74) is 6.15. The molecule has 0 unspecified atom stereocenters. The Hall–Kier alpha value is -1.63. The average Bonchev–Trinajstić information content (AvgIpc) is 2.34. The van der Waals surface area contributed by atoms with Crippen LogP contribution >= 0.6 is 22.6 Å². The van der Waals surface area contributed by atoms with Gasteiger partial charge in [0.05, 0.1) is 11.3 Å². The van der Waals surface area contributed by atoms with Crippen LogP contribution in [-0.2, 0) is 0 Å². The number of hydrogen-bond donors (Lipinski definition) is 2. The summed E-state index contributed by atoms with van der Waals surface area (Å²) >= 11 is 2.18. The molecule has 0 bridgehead atoms. The van der Waals surface area contributed by atoms with Crippen LogP contribution in [0.25, 0.3) is 0 Å². The van der Waals surface area contributed by atoms with Gasteiger partial charge in [0.25, 0.3) is 5.91 Å². The molecule has 0 heterocycles. The van der Waals surface area contributed by atoms with Gasteiger partial charge in [0.2, 0.25) is 0 Å². The van der Waals surface area contributed by atoms with E-state index in [2.05, 4.69) is 27.9 Å². The van der Waals surface area contributed by atoms with E-state index in [0.29, 0.717) is 5.69 Å². The molecule has 0 aliphatic heterocycles. The van der Waals surface area contributed by atoms with Crippen LogP contribution in [0.2, 0.25) is 0 Å². The van der Waals surface area contributed by atoms with E-state index in [1.807, 2.05) is 12.1 Å². The quantitative estimate of drug-likeness (QED) is 0.830. The summed E-state index contributed by atoms with van der Waals surface area (Å²) in [6.07, 6.45) is 0. The molecule has 0 atom stereocenters. The molecule has 0 aliphatic carbocycles. The molecule has 2 aromatic carbocycles. The van der Waals surface area contributed by atoms with E-state index in [-0.39, 0.29) is 11.3 Å². The second-order valence-corrected chi connectivity index (χ2v) is 4.90. The molecule has 0 saturated heterocycles. The number of nitrogens with one attached hydrogen (secondary N) is 1. The molecule has 0 aromatic heterocycles. The SMILES string of the molecule is NC(=O)c1cccc(F)c1Nc1ccc(I)cc1. The predicted molar refractivity (Wildman–Crippen MR) is 77.4 cm³/mol. The fourth-order valence-electron chi connectivity index (χ4n) is 1.53. The van der Waals surface area contributed by atoms with E-state index in [1.165, 1.54) is 18.2 Å². The summed E-state index contributed by atoms with van der Waals surface area (Å²) in [6.45, 7) is 0. The minimum Gasteiger partial charge on any atom is -0.366 e. The highest BCUT2D eigenvalue weighted by Crippen LogP contribution is 2.24. The Morgan fingerprint density at radius 3 is 2.44 bits per heavy atom. The summed E-state index contributed by atoms with van der Waals surface area (Å²) < 4.78 is 14.8. The van der Waals surface area contributed by atoms with Crippen molar-refractivity contribution in [3.63, 3.8) is 0 Å². The minimum absolute atomic E-state index is 0.103. The second kappa shape index (κ2) is 5.34. The van der Waals surface area contributed by atoms with Crippen LogP contribution in [0.1, 0.15) is 10.4 Å². The van der Waals surface area contributed by atoms with Crippen molar-refractivity contribution in [3.05, 3.63) is 57.4 Å². The van der Waals surface area contributed by atoms with Crippen LogP contribution in [0.4, 0.5) is 15.8 Å². The Balaban J connectivity index is 2.39. The number of para-hydroxylation sites is 1. The topological polar surface area (TPSA) is 55.1 Å². The van der Waals surface area contributed by atoms with Gasteiger partial charge in [0, 0.05) is 9.26 Å². The van der Waals surface area contributed by atoms with Gasteiger partial charge in [0.1, 0.15) is 5.82 Å². The van der Waals surface area contributed by atoms with Crippen LogP contribution < -0.4 is 11.1 Å². The largest absolute Gasteiger partial charge is 0.366 e. The van der Waals surface area contributed by atoms with E-state index >= 15 is 0 Å². The zero-order valence-electron chi connectivity index (χ0n) is 9.28. The molecule has 92 valence electrons. The summed E-state index contributed by atoms with van der Waals surface area (Å²) in [5, 5.41) is 2.87. The van der Waals surface area contributed by atoms with Crippen molar-refractivity contribution in [1.29, 1.82) is 0 Å². The molecule has 0 fully saturated rings. The zero-order chi connectivity index (χ0) is 13.1. The van der Waals surface area contributed by atoms with Crippen LogP contribution in [0.3, 0.4) is 0 Å². The van der Waals surface area contributed by atoms with Crippen molar-refractivity contribution >= 4 is 39.9 Å². The molecule has 0 saturated carbocycles. The van der Waals surface area contributed by atoms with Crippen molar-refractivity contribution < 1.29 is 9.18 Å². The Kier molecular flexibility index (Phi) is 3.81. The van der Waals surface area contributed by atoms with Crippen LogP contribution in [-0.4, -0.2) is 5.91 Å². The maximum absolute atomic E-state index is 13.7. The Morgan fingerprint density at radius 2 is 1.83 bits per heavy atom. The number of hydrogen-bond acceptors (Lipinski definition) is 2. The van der Waals surface area contributed by atoms with Crippen molar-refractivity contribution in [3.8, 4) is 0 Å². The van der Waals surface area contributed by atoms with Crippen molar-refractivity contribution in [2.45, 2.75) is 0 Å². The van der Waals surface area contributed by atoms with Gasteiger partial charge < -0.3 is 11.1 Å². The maximum Gasteiger partial charge on any atom is 0.250 e. The van der Waals surface area contributed by atoms with E-state index in [9.17, 15) is 9.18 Å².